The van der Waals surface area contributed by atoms with Crippen molar-refractivity contribution in [3.05, 3.63) is 64.5 Å². The largest absolute Gasteiger partial charge is 0.379 e. The molecule has 0 bridgehead atoms. The van der Waals surface area contributed by atoms with E-state index < -0.39 is 5.91 Å². The topological polar surface area (TPSA) is 115 Å². The second-order valence-corrected chi connectivity index (χ2v) is 7.16. The van der Waals surface area contributed by atoms with Gasteiger partial charge in [-0.2, -0.15) is 10.1 Å². The lowest BCUT2D eigenvalue weighted by atomic mass is 10.1. The smallest absolute Gasteiger partial charge is 0.316 e. The number of amides is 1. The third-order valence-corrected chi connectivity index (χ3v) is 4.93. The van der Waals surface area contributed by atoms with Crippen LogP contribution in [-0.4, -0.2) is 70.1 Å². The molecule has 0 spiro atoms. The van der Waals surface area contributed by atoms with Crippen LogP contribution in [0.2, 0.25) is 0 Å². The molecule has 1 N–H and O–H groups in total. The van der Waals surface area contributed by atoms with Gasteiger partial charge >= 0.3 is 11.8 Å². The van der Waals surface area contributed by atoms with Crippen LogP contribution in [0.5, 0.6) is 0 Å². The highest BCUT2D eigenvalue weighted by Crippen LogP contribution is 2.14. The van der Waals surface area contributed by atoms with E-state index in [4.69, 9.17) is 9.26 Å². The van der Waals surface area contributed by atoms with Crippen molar-refractivity contribution >= 4 is 5.91 Å². The molecular weight excluding hydrogens is 400 g/mol. The van der Waals surface area contributed by atoms with Crippen LogP contribution in [0.25, 0.3) is 11.3 Å². The Morgan fingerprint density at radius 1 is 1.10 bits per heavy atom. The van der Waals surface area contributed by atoms with Crippen LogP contribution in [0.4, 0.5) is 0 Å². The van der Waals surface area contributed by atoms with Crippen molar-refractivity contribution in [3.63, 3.8) is 0 Å². The zero-order valence-electron chi connectivity index (χ0n) is 17.1. The normalized spacial score (nSPS) is 14.5. The van der Waals surface area contributed by atoms with Gasteiger partial charge in [-0.3, -0.25) is 14.5 Å². The summed E-state index contributed by atoms with van der Waals surface area (Å²) in [6.45, 7) is 4.75. The second kappa shape index (κ2) is 10.1. The lowest BCUT2D eigenvalue weighted by Gasteiger charge is -2.26. The van der Waals surface area contributed by atoms with Gasteiger partial charge in [-0.05, 0) is 19.0 Å². The summed E-state index contributed by atoms with van der Waals surface area (Å²) in [7, 11) is 0. The van der Waals surface area contributed by atoms with E-state index in [1.807, 2.05) is 30.3 Å². The molecule has 2 aromatic heterocycles. The molecular formula is C21H24N6O4. The van der Waals surface area contributed by atoms with Crippen molar-refractivity contribution in [2.45, 2.75) is 13.0 Å². The molecule has 1 aromatic carbocycles. The number of carbonyl (C=O) groups is 1. The molecule has 31 heavy (non-hydrogen) atoms. The first-order valence-corrected chi connectivity index (χ1v) is 10.2. The molecule has 4 rings (SSSR count). The Bertz CT molecular complexity index is 1060. The molecule has 0 aliphatic carbocycles. The highest BCUT2D eigenvalue weighted by molar-refractivity contribution is 5.89. The van der Waals surface area contributed by atoms with Crippen LogP contribution in [-0.2, 0) is 11.3 Å². The predicted molar refractivity (Wildman–Crippen MR) is 112 cm³/mol. The standard InChI is InChI=1S/C21H24N6O4/c28-19-8-7-17(16-5-2-1-3-6-16)24-27(19)15-18-23-21(31-25-18)20(29)22-9-4-10-26-11-13-30-14-12-26/h1-3,5-8H,4,9-15H2,(H,22,29). The maximum Gasteiger partial charge on any atom is 0.316 e. The average Bonchev–Trinajstić information content (AvgIpc) is 3.28. The van der Waals surface area contributed by atoms with Gasteiger partial charge in [0.1, 0.15) is 6.54 Å². The highest BCUT2D eigenvalue weighted by atomic mass is 16.5. The van der Waals surface area contributed by atoms with Crippen LogP contribution >= 0.6 is 0 Å². The summed E-state index contributed by atoms with van der Waals surface area (Å²) in [6, 6.07) is 12.6. The summed E-state index contributed by atoms with van der Waals surface area (Å²) in [5.41, 5.74) is 1.25. The Kier molecular flexibility index (Phi) is 6.80. The molecule has 0 radical (unpaired) electrons. The minimum absolute atomic E-state index is 0.00726. The summed E-state index contributed by atoms with van der Waals surface area (Å²) in [6.07, 6.45) is 0.818. The molecule has 1 fully saturated rings. The van der Waals surface area contributed by atoms with Crippen molar-refractivity contribution in [2.24, 2.45) is 0 Å². The minimum Gasteiger partial charge on any atom is -0.379 e. The van der Waals surface area contributed by atoms with Crippen molar-refractivity contribution in [1.82, 2.24) is 30.1 Å². The molecule has 1 aliphatic rings. The fourth-order valence-electron chi connectivity index (χ4n) is 3.27. The first-order chi connectivity index (χ1) is 15.2. The molecule has 0 saturated carbocycles. The Hall–Kier alpha value is -3.37. The monoisotopic (exact) mass is 424 g/mol. The summed E-state index contributed by atoms with van der Waals surface area (Å²) in [5.74, 6) is -0.356. The summed E-state index contributed by atoms with van der Waals surface area (Å²) < 4.78 is 11.6. The van der Waals surface area contributed by atoms with Crippen molar-refractivity contribution in [3.8, 4) is 11.3 Å². The number of morpholine rings is 1. The van der Waals surface area contributed by atoms with Crippen molar-refractivity contribution < 1.29 is 14.1 Å². The van der Waals surface area contributed by atoms with Crippen molar-refractivity contribution in [2.75, 3.05) is 39.4 Å². The molecule has 1 amide bonds. The van der Waals surface area contributed by atoms with Crippen LogP contribution in [0.1, 0.15) is 22.9 Å². The van der Waals surface area contributed by atoms with Gasteiger partial charge in [0.05, 0.1) is 18.9 Å². The first kappa shape index (κ1) is 20.9. The van der Waals surface area contributed by atoms with Crippen LogP contribution in [0, 0.1) is 0 Å². The van der Waals surface area contributed by atoms with Crippen molar-refractivity contribution in [1.29, 1.82) is 0 Å². The number of nitrogens with zero attached hydrogens (tertiary/aromatic N) is 5. The van der Waals surface area contributed by atoms with Gasteiger partial charge < -0.3 is 14.6 Å². The number of aromatic nitrogens is 4. The maximum atomic E-state index is 12.2. The molecule has 1 saturated heterocycles. The first-order valence-electron chi connectivity index (χ1n) is 10.2. The van der Waals surface area contributed by atoms with Crippen LogP contribution in [0.15, 0.2) is 51.8 Å². The summed E-state index contributed by atoms with van der Waals surface area (Å²) in [5, 5.41) is 11.0. The van der Waals surface area contributed by atoms with Gasteiger partial charge in [0.25, 0.3) is 5.56 Å². The third kappa shape index (κ3) is 5.62. The maximum absolute atomic E-state index is 12.2. The van der Waals surface area contributed by atoms with Gasteiger partial charge in [-0.1, -0.05) is 35.5 Å². The Labute approximate surface area is 178 Å². The molecule has 0 atom stereocenters. The lowest BCUT2D eigenvalue weighted by Crippen LogP contribution is -2.38. The minimum atomic E-state index is -0.431. The lowest BCUT2D eigenvalue weighted by molar-refractivity contribution is 0.0374. The van der Waals surface area contributed by atoms with Gasteiger partial charge in [0.2, 0.25) is 0 Å². The second-order valence-electron chi connectivity index (χ2n) is 7.16. The van der Waals surface area contributed by atoms with E-state index in [0.717, 1.165) is 44.8 Å². The van der Waals surface area contributed by atoms with Gasteiger partial charge in [0.15, 0.2) is 5.82 Å². The van der Waals surface area contributed by atoms with E-state index >= 15 is 0 Å². The van der Waals surface area contributed by atoms with Gasteiger partial charge in [-0.25, -0.2) is 4.68 Å². The number of rotatable bonds is 8. The quantitative estimate of drug-likeness (QED) is 0.528. The molecule has 3 heterocycles. The summed E-state index contributed by atoms with van der Waals surface area (Å²) >= 11 is 0. The van der Waals surface area contributed by atoms with E-state index in [9.17, 15) is 9.59 Å². The Balaban J connectivity index is 1.32. The predicted octanol–water partition coefficient (Wildman–Crippen LogP) is 0.794. The fourth-order valence-corrected chi connectivity index (χ4v) is 3.27. The van der Waals surface area contributed by atoms with Crippen LogP contribution < -0.4 is 10.9 Å². The zero-order chi connectivity index (χ0) is 21.5. The van der Waals surface area contributed by atoms with E-state index in [0.29, 0.717) is 12.2 Å². The third-order valence-electron chi connectivity index (χ3n) is 4.93. The SMILES string of the molecule is O=C(NCCCN1CCOCC1)c1nc(Cn2nc(-c3ccccc3)ccc2=O)no1. The average molecular weight is 424 g/mol. The number of benzene rings is 1. The van der Waals surface area contributed by atoms with E-state index in [1.54, 1.807) is 6.07 Å². The van der Waals surface area contributed by atoms with E-state index in [-0.39, 0.29) is 23.8 Å². The summed E-state index contributed by atoms with van der Waals surface area (Å²) in [4.78, 5) is 30.8. The number of carbonyl (C=O) groups excluding carboxylic acids is 1. The molecule has 1 aliphatic heterocycles. The van der Waals surface area contributed by atoms with E-state index in [2.05, 4.69) is 25.5 Å². The molecule has 10 nitrogen and oxygen atoms in total. The van der Waals surface area contributed by atoms with Crippen LogP contribution in [0.3, 0.4) is 0 Å². The number of hydrogen-bond donors (Lipinski definition) is 1. The number of hydrogen-bond acceptors (Lipinski definition) is 8. The Morgan fingerprint density at radius 3 is 2.71 bits per heavy atom. The van der Waals surface area contributed by atoms with Gasteiger partial charge in [0, 0.05) is 31.3 Å². The fraction of sp³-hybridized carbons (Fsp3) is 0.381. The molecule has 0 unspecified atom stereocenters. The highest BCUT2D eigenvalue weighted by Gasteiger charge is 2.16. The van der Waals surface area contributed by atoms with Gasteiger partial charge in [-0.15, -0.1) is 0 Å². The molecule has 162 valence electrons. The zero-order valence-corrected chi connectivity index (χ0v) is 17.1. The molecule has 3 aromatic rings. The number of ether oxygens (including phenoxy) is 1. The number of nitrogens with one attached hydrogen (secondary N) is 1. The van der Waals surface area contributed by atoms with E-state index in [1.165, 1.54) is 10.7 Å². The molecule has 10 heteroatoms. The Morgan fingerprint density at radius 2 is 1.90 bits per heavy atom.